The van der Waals surface area contributed by atoms with E-state index in [1.54, 1.807) is 18.2 Å². The first-order chi connectivity index (χ1) is 19.3. The molecule has 0 spiro atoms. The number of nitrogens with zero attached hydrogens (tertiary/aromatic N) is 5. The maximum absolute atomic E-state index is 15.0. The minimum absolute atomic E-state index is 0.0426. The Kier molecular flexibility index (Phi) is 7.67. The van der Waals surface area contributed by atoms with Gasteiger partial charge in [-0.25, -0.2) is 31.7 Å². The van der Waals surface area contributed by atoms with E-state index in [1.807, 2.05) is 26.6 Å². The van der Waals surface area contributed by atoms with Crippen molar-refractivity contribution in [3.8, 4) is 17.5 Å². The van der Waals surface area contributed by atoms with E-state index in [1.165, 1.54) is 24.5 Å². The lowest BCUT2D eigenvalue weighted by molar-refractivity contribution is 0.0722. The second-order valence-corrected chi connectivity index (χ2v) is 18.0. The lowest BCUT2D eigenvalue weighted by Crippen LogP contribution is -2.47. The largest absolute Gasteiger partial charge is 0.400 e. The van der Waals surface area contributed by atoms with Gasteiger partial charge in [0.05, 0.1) is 22.2 Å². The van der Waals surface area contributed by atoms with Crippen LogP contribution in [0.1, 0.15) is 31.2 Å². The maximum atomic E-state index is 15.0. The third-order valence-electron chi connectivity index (χ3n) is 6.90. The fraction of sp³-hybridized carbons (Fsp3) is 0.357. The van der Waals surface area contributed by atoms with Gasteiger partial charge in [-0.2, -0.15) is 5.26 Å². The molecule has 1 aromatic carbocycles. The zero-order valence-corrected chi connectivity index (χ0v) is 25.7. The van der Waals surface area contributed by atoms with E-state index >= 15 is 4.39 Å². The standard InChI is InChI=1S/C28H30ClFN6O3SSi/c1-18-7-9-21(10-8-18)40(37,38)36-16-23(22-12-19(29)14-33-27(22)36)25-32-15-24(30)26(35-25)34-20-6-5-11-28(13-20,17-31)39-41(2,3)4/h7-10,12,14-16,20H,5-6,11,13H2,1-4H3,(H,32,34,35). The molecule has 3 heterocycles. The summed E-state index contributed by atoms with van der Waals surface area (Å²) in [6.45, 7) is 7.98. The first-order valence-electron chi connectivity index (χ1n) is 13.2. The Morgan fingerprint density at radius 1 is 1.22 bits per heavy atom. The van der Waals surface area contributed by atoms with Crippen LogP contribution in [0, 0.1) is 24.1 Å². The Balaban J connectivity index is 1.53. The summed E-state index contributed by atoms with van der Waals surface area (Å²) in [4.78, 5) is 13.0. The number of rotatable bonds is 7. The van der Waals surface area contributed by atoms with E-state index in [4.69, 9.17) is 16.0 Å². The van der Waals surface area contributed by atoms with Gasteiger partial charge < -0.3 is 9.74 Å². The molecule has 1 aliphatic carbocycles. The molecular formula is C28H30ClFN6O3SSi. The molecule has 0 saturated heterocycles. The lowest BCUT2D eigenvalue weighted by atomic mass is 9.83. The number of aromatic nitrogens is 4. The van der Waals surface area contributed by atoms with Crippen LogP contribution in [-0.2, 0) is 14.4 Å². The first kappa shape index (κ1) is 29.1. The number of anilines is 1. The molecule has 0 bridgehead atoms. The van der Waals surface area contributed by atoms with Crippen molar-refractivity contribution in [1.82, 2.24) is 18.9 Å². The van der Waals surface area contributed by atoms with Gasteiger partial charge >= 0.3 is 0 Å². The molecule has 1 N–H and O–H groups in total. The maximum Gasteiger partial charge on any atom is 0.269 e. The molecule has 0 aliphatic heterocycles. The Bertz CT molecular complexity index is 1770. The van der Waals surface area contributed by atoms with Crippen molar-refractivity contribution < 1.29 is 17.2 Å². The number of fused-ring (bicyclic) bond motifs is 1. The van der Waals surface area contributed by atoms with Crippen LogP contribution in [0.5, 0.6) is 0 Å². The highest BCUT2D eigenvalue weighted by molar-refractivity contribution is 7.90. The molecule has 13 heteroatoms. The predicted molar refractivity (Wildman–Crippen MR) is 158 cm³/mol. The van der Waals surface area contributed by atoms with Gasteiger partial charge in [-0.1, -0.05) is 29.3 Å². The van der Waals surface area contributed by atoms with Crippen LogP contribution in [0.2, 0.25) is 24.7 Å². The van der Waals surface area contributed by atoms with Crippen LogP contribution in [0.25, 0.3) is 22.4 Å². The molecule has 214 valence electrons. The molecule has 4 aromatic rings. The van der Waals surface area contributed by atoms with Crippen LogP contribution in [0.3, 0.4) is 0 Å². The van der Waals surface area contributed by atoms with Crippen LogP contribution in [0.4, 0.5) is 10.2 Å². The van der Waals surface area contributed by atoms with Crippen molar-refractivity contribution in [3.05, 3.63) is 65.3 Å². The molecule has 41 heavy (non-hydrogen) atoms. The van der Waals surface area contributed by atoms with Gasteiger partial charge in [-0.15, -0.1) is 0 Å². The van der Waals surface area contributed by atoms with Crippen molar-refractivity contribution in [2.75, 3.05) is 5.32 Å². The molecular weight excluding hydrogens is 583 g/mol. The SMILES string of the molecule is Cc1ccc(S(=O)(=O)n2cc(-c3ncc(F)c(NC4CCCC(C#N)(O[Si](C)(C)C)C4)n3)c3cc(Cl)cnc32)cc1. The van der Waals surface area contributed by atoms with E-state index in [0.29, 0.717) is 35.2 Å². The van der Waals surface area contributed by atoms with Gasteiger partial charge in [0.2, 0.25) is 0 Å². The van der Waals surface area contributed by atoms with E-state index < -0.39 is 29.8 Å². The van der Waals surface area contributed by atoms with Crippen molar-refractivity contribution >= 4 is 46.8 Å². The van der Waals surface area contributed by atoms with Crippen LogP contribution >= 0.6 is 11.6 Å². The Morgan fingerprint density at radius 2 is 1.95 bits per heavy atom. The van der Waals surface area contributed by atoms with Crippen LogP contribution < -0.4 is 5.32 Å². The zero-order chi connectivity index (χ0) is 29.6. The number of hydrogen-bond acceptors (Lipinski definition) is 8. The average Bonchev–Trinajstić information content (AvgIpc) is 3.29. The number of aryl methyl sites for hydroxylation is 1. The average molecular weight is 613 g/mol. The van der Waals surface area contributed by atoms with Gasteiger partial charge in [0.25, 0.3) is 10.0 Å². The number of nitriles is 1. The Labute approximate surface area is 244 Å². The number of hydrogen-bond donors (Lipinski definition) is 1. The molecule has 3 aromatic heterocycles. The molecule has 0 radical (unpaired) electrons. The minimum Gasteiger partial charge on any atom is -0.400 e. The third kappa shape index (κ3) is 5.99. The Hall–Kier alpha value is -3.37. The van der Waals surface area contributed by atoms with Crippen molar-refractivity contribution in [2.24, 2.45) is 0 Å². The monoisotopic (exact) mass is 612 g/mol. The molecule has 9 nitrogen and oxygen atoms in total. The summed E-state index contributed by atoms with van der Waals surface area (Å²) in [7, 11) is -6.04. The first-order valence-corrected chi connectivity index (χ1v) is 18.4. The summed E-state index contributed by atoms with van der Waals surface area (Å²) in [6, 6.07) is 10.2. The summed E-state index contributed by atoms with van der Waals surface area (Å²) in [5, 5.41) is 13.8. The lowest BCUT2D eigenvalue weighted by Gasteiger charge is -2.40. The van der Waals surface area contributed by atoms with Gasteiger partial charge in [-0.05, 0) is 64.0 Å². The zero-order valence-electron chi connectivity index (χ0n) is 23.1. The summed E-state index contributed by atoms with van der Waals surface area (Å²) in [5.74, 6) is -0.610. The molecule has 2 unspecified atom stereocenters. The highest BCUT2D eigenvalue weighted by Gasteiger charge is 2.41. The summed E-state index contributed by atoms with van der Waals surface area (Å²) < 4.78 is 49.5. The van der Waals surface area contributed by atoms with Gasteiger partial charge in [-0.3, -0.25) is 0 Å². The van der Waals surface area contributed by atoms with E-state index in [0.717, 1.165) is 22.2 Å². The molecule has 1 fully saturated rings. The van der Waals surface area contributed by atoms with Crippen molar-refractivity contribution in [3.63, 3.8) is 0 Å². The van der Waals surface area contributed by atoms with E-state index in [2.05, 4.69) is 26.3 Å². The molecule has 1 aliphatic rings. The summed E-state index contributed by atoms with van der Waals surface area (Å²) >= 11 is 6.24. The summed E-state index contributed by atoms with van der Waals surface area (Å²) in [6.07, 6.45) is 6.24. The highest BCUT2D eigenvalue weighted by Crippen LogP contribution is 2.36. The second kappa shape index (κ2) is 10.8. The topological polar surface area (TPSA) is 123 Å². The number of halogens is 2. The van der Waals surface area contributed by atoms with Crippen molar-refractivity contribution in [1.29, 1.82) is 5.26 Å². The molecule has 1 saturated carbocycles. The predicted octanol–water partition coefficient (Wildman–Crippen LogP) is 6.30. The normalized spacial score (nSPS) is 19.7. The minimum atomic E-state index is -4.03. The number of benzene rings is 1. The van der Waals surface area contributed by atoms with Gasteiger partial charge in [0.1, 0.15) is 5.60 Å². The van der Waals surface area contributed by atoms with Crippen LogP contribution in [-0.4, -0.2) is 47.3 Å². The van der Waals surface area contributed by atoms with E-state index in [9.17, 15) is 13.7 Å². The smallest absolute Gasteiger partial charge is 0.269 e. The van der Waals surface area contributed by atoms with Gasteiger partial charge in [0.15, 0.2) is 31.4 Å². The second-order valence-electron chi connectivity index (χ2n) is 11.3. The number of pyridine rings is 1. The van der Waals surface area contributed by atoms with E-state index in [-0.39, 0.29) is 28.2 Å². The third-order valence-corrected chi connectivity index (χ3v) is 9.77. The van der Waals surface area contributed by atoms with Gasteiger partial charge in [0, 0.05) is 35.8 Å². The molecule has 5 rings (SSSR count). The summed E-state index contributed by atoms with van der Waals surface area (Å²) in [5.41, 5.74) is 0.448. The fourth-order valence-electron chi connectivity index (χ4n) is 5.19. The fourth-order valence-corrected chi connectivity index (χ4v) is 8.08. The highest BCUT2D eigenvalue weighted by atomic mass is 35.5. The quantitative estimate of drug-likeness (QED) is 0.241. The number of nitrogens with one attached hydrogen (secondary N) is 1. The Morgan fingerprint density at radius 3 is 2.63 bits per heavy atom. The van der Waals surface area contributed by atoms with Crippen molar-refractivity contribution in [2.45, 2.75) is 68.8 Å². The molecule has 2 atom stereocenters. The molecule has 0 amide bonds. The van der Waals surface area contributed by atoms with Crippen LogP contribution in [0.15, 0.2) is 53.8 Å².